The molecule has 1 amide bonds. The molecule has 2 atom stereocenters. The third-order valence-corrected chi connectivity index (χ3v) is 5.39. The number of fused-ring (bicyclic) bond motifs is 1. The van der Waals surface area contributed by atoms with Gasteiger partial charge in [-0.1, -0.05) is 6.07 Å². The second-order valence-corrected chi connectivity index (χ2v) is 6.84. The first-order chi connectivity index (χ1) is 12.1. The number of carbonyl (C=O) groups excluding carboxylic acids is 1. The maximum absolute atomic E-state index is 12.3. The highest BCUT2D eigenvalue weighted by atomic mass is 16.5. The van der Waals surface area contributed by atoms with Crippen LogP contribution in [0, 0.1) is 11.8 Å². The van der Waals surface area contributed by atoms with Gasteiger partial charge in [-0.05, 0) is 37.3 Å². The average Bonchev–Trinajstić information content (AvgIpc) is 3.12. The highest BCUT2D eigenvalue weighted by Crippen LogP contribution is 2.33. The second kappa shape index (κ2) is 6.48. The molecule has 25 heavy (non-hydrogen) atoms. The number of primary amides is 1. The number of amides is 1. The topological polar surface area (TPSA) is 89.9 Å². The van der Waals surface area contributed by atoms with Gasteiger partial charge in [0.25, 0.3) is 5.56 Å². The zero-order chi connectivity index (χ0) is 17.4. The van der Waals surface area contributed by atoms with E-state index in [0.29, 0.717) is 24.0 Å². The monoisotopic (exact) mass is 342 g/mol. The minimum Gasteiger partial charge on any atom is -0.377 e. The number of nitrogens with zero attached hydrogens (tertiary/aromatic N) is 3. The molecule has 2 aliphatic rings. The minimum atomic E-state index is -0.255. The van der Waals surface area contributed by atoms with Gasteiger partial charge in [-0.15, -0.1) is 0 Å². The fourth-order valence-electron chi connectivity index (χ4n) is 4.04. The molecule has 132 valence electrons. The van der Waals surface area contributed by atoms with Crippen molar-refractivity contribution in [1.29, 1.82) is 0 Å². The lowest BCUT2D eigenvalue weighted by Gasteiger charge is -2.36. The number of piperidine rings is 1. The van der Waals surface area contributed by atoms with E-state index in [-0.39, 0.29) is 23.5 Å². The van der Waals surface area contributed by atoms with Crippen LogP contribution in [0.15, 0.2) is 35.3 Å². The van der Waals surface area contributed by atoms with Crippen LogP contribution in [0.1, 0.15) is 19.3 Å². The van der Waals surface area contributed by atoms with E-state index in [0.717, 1.165) is 32.4 Å². The SMILES string of the molecule is NC(=O)[C@H]1CCO[C@@H]1C1CCN(c2cc(=O)n3ccccc3n2)CC1. The fourth-order valence-corrected chi connectivity index (χ4v) is 4.04. The molecular weight excluding hydrogens is 320 g/mol. The van der Waals surface area contributed by atoms with Crippen molar-refractivity contribution < 1.29 is 9.53 Å². The summed E-state index contributed by atoms with van der Waals surface area (Å²) in [6, 6.07) is 7.12. The first-order valence-corrected chi connectivity index (χ1v) is 8.78. The standard InChI is InChI=1S/C18H22N4O3/c19-18(24)13-6-10-25-17(13)12-4-8-21(9-5-12)15-11-16(23)22-7-2-1-3-14(22)20-15/h1-3,7,11-13,17H,4-6,8-10H2,(H2,19,24)/t13-,17+/m0/s1. The Balaban J connectivity index is 1.49. The van der Waals surface area contributed by atoms with E-state index >= 15 is 0 Å². The number of hydrogen-bond donors (Lipinski definition) is 1. The molecule has 0 unspecified atom stereocenters. The Morgan fingerprint density at radius 1 is 1.24 bits per heavy atom. The van der Waals surface area contributed by atoms with E-state index < -0.39 is 0 Å². The van der Waals surface area contributed by atoms with Gasteiger partial charge in [-0.25, -0.2) is 4.98 Å². The van der Waals surface area contributed by atoms with Crippen molar-refractivity contribution in [3.05, 3.63) is 40.8 Å². The number of anilines is 1. The fraction of sp³-hybridized carbons (Fsp3) is 0.500. The van der Waals surface area contributed by atoms with E-state index in [9.17, 15) is 9.59 Å². The molecule has 0 aliphatic carbocycles. The van der Waals surface area contributed by atoms with Crippen LogP contribution >= 0.6 is 0 Å². The molecule has 2 aliphatic heterocycles. The summed E-state index contributed by atoms with van der Waals surface area (Å²) in [5.41, 5.74) is 6.09. The van der Waals surface area contributed by atoms with Gasteiger partial charge in [0.1, 0.15) is 11.5 Å². The van der Waals surface area contributed by atoms with Gasteiger partial charge in [-0.2, -0.15) is 0 Å². The van der Waals surface area contributed by atoms with Gasteiger partial charge in [0.15, 0.2) is 0 Å². The predicted molar refractivity (Wildman–Crippen MR) is 93.4 cm³/mol. The van der Waals surface area contributed by atoms with Crippen LogP contribution < -0.4 is 16.2 Å². The zero-order valence-corrected chi connectivity index (χ0v) is 14.0. The molecule has 0 aromatic carbocycles. The molecule has 0 radical (unpaired) electrons. The average molecular weight is 342 g/mol. The van der Waals surface area contributed by atoms with Crippen LogP contribution in [-0.4, -0.2) is 41.1 Å². The summed E-state index contributed by atoms with van der Waals surface area (Å²) in [4.78, 5) is 30.6. The Morgan fingerprint density at radius 2 is 2.04 bits per heavy atom. The summed E-state index contributed by atoms with van der Waals surface area (Å²) in [6.07, 6.45) is 4.20. The molecule has 2 saturated heterocycles. The van der Waals surface area contributed by atoms with Gasteiger partial charge in [0.2, 0.25) is 5.91 Å². The summed E-state index contributed by atoms with van der Waals surface area (Å²) in [6.45, 7) is 2.21. The molecule has 2 fully saturated rings. The summed E-state index contributed by atoms with van der Waals surface area (Å²) in [5, 5.41) is 0. The van der Waals surface area contributed by atoms with Crippen molar-refractivity contribution in [3.63, 3.8) is 0 Å². The van der Waals surface area contributed by atoms with E-state index in [1.807, 2.05) is 18.2 Å². The quantitative estimate of drug-likeness (QED) is 0.891. The van der Waals surface area contributed by atoms with Crippen LogP contribution in [0.5, 0.6) is 0 Å². The lowest BCUT2D eigenvalue weighted by molar-refractivity contribution is -0.124. The Bertz CT molecular complexity index is 842. The Kier molecular flexibility index (Phi) is 4.17. The Hall–Kier alpha value is -2.41. The zero-order valence-electron chi connectivity index (χ0n) is 14.0. The lowest BCUT2D eigenvalue weighted by atomic mass is 9.84. The number of rotatable bonds is 3. The van der Waals surface area contributed by atoms with Crippen molar-refractivity contribution >= 4 is 17.4 Å². The molecule has 0 bridgehead atoms. The molecule has 7 heteroatoms. The summed E-state index contributed by atoms with van der Waals surface area (Å²) < 4.78 is 7.34. The maximum atomic E-state index is 12.3. The molecule has 4 rings (SSSR count). The van der Waals surface area contributed by atoms with Gasteiger partial charge >= 0.3 is 0 Å². The van der Waals surface area contributed by atoms with Crippen LogP contribution in [0.2, 0.25) is 0 Å². The molecule has 0 saturated carbocycles. The van der Waals surface area contributed by atoms with Gasteiger partial charge < -0.3 is 15.4 Å². The summed E-state index contributed by atoms with van der Waals surface area (Å²) in [5.74, 6) is 0.625. The largest absolute Gasteiger partial charge is 0.377 e. The van der Waals surface area contributed by atoms with Crippen molar-refractivity contribution in [3.8, 4) is 0 Å². The van der Waals surface area contributed by atoms with Crippen LogP contribution in [-0.2, 0) is 9.53 Å². The summed E-state index contributed by atoms with van der Waals surface area (Å²) in [7, 11) is 0. The summed E-state index contributed by atoms with van der Waals surface area (Å²) >= 11 is 0. The first-order valence-electron chi connectivity index (χ1n) is 8.78. The molecule has 0 spiro atoms. The van der Waals surface area contributed by atoms with E-state index in [4.69, 9.17) is 10.5 Å². The van der Waals surface area contributed by atoms with Crippen molar-refractivity contribution in [2.75, 3.05) is 24.6 Å². The third kappa shape index (κ3) is 3.00. The molecule has 2 aromatic rings. The van der Waals surface area contributed by atoms with Gasteiger partial charge in [0, 0.05) is 32.0 Å². The number of carbonyl (C=O) groups is 1. The van der Waals surface area contributed by atoms with Crippen molar-refractivity contribution in [1.82, 2.24) is 9.38 Å². The van der Waals surface area contributed by atoms with E-state index in [1.165, 1.54) is 0 Å². The van der Waals surface area contributed by atoms with E-state index in [1.54, 1.807) is 16.7 Å². The maximum Gasteiger partial charge on any atom is 0.259 e. The van der Waals surface area contributed by atoms with Crippen LogP contribution in [0.4, 0.5) is 5.82 Å². The smallest absolute Gasteiger partial charge is 0.259 e. The highest BCUT2D eigenvalue weighted by molar-refractivity contribution is 5.77. The third-order valence-electron chi connectivity index (χ3n) is 5.39. The molecule has 2 aromatic heterocycles. The van der Waals surface area contributed by atoms with E-state index in [2.05, 4.69) is 9.88 Å². The van der Waals surface area contributed by atoms with Crippen molar-refractivity contribution in [2.24, 2.45) is 17.6 Å². The second-order valence-electron chi connectivity index (χ2n) is 6.84. The number of aromatic nitrogens is 2. The number of ether oxygens (including phenoxy) is 1. The molecule has 7 nitrogen and oxygen atoms in total. The number of nitrogens with two attached hydrogens (primary N) is 1. The first kappa shape index (κ1) is 16.1. The number of hydrogen-bond acceptors (Lipinski definition) is 5. The van der Waals surface area contributed by atoms with Gasteiger partial charge in [0.05, 0.1) is 12.0 Å². The molecular formula is C18H22N4O3. The minimum absolute atomic E-state index is 0.0603. The molecule has 2 N–H and O–H groups in total. The van der Waals surface area contributed by atoms with Crippen molar-refractivity contribution in [2.45, 2.75) is 25.4 Å². The normalized spacial score (nSPS) is 24.7. The predicted octanol–water partition coefficient (Wildman–Crippen LogP) is 0.801. The Morgan fingerprint density at radius 3 is 2.80 bits per heavy atom. The highest BCUT2D eigenvalue weighted by Gasteiger charge is 2.39. The molecule has 4 heterocycles. The van der Waals surface area contributed by atoms with Gasteiger partial charge in [-0.3, -0.25) is 14.0 Å². The lowest BCUT2D eigenvalue weighted by Crippen LogP contribution is -2.42. The van der Waals surface area contributed by atoms with Crippen LogP contribution in [0.3, 0.4) is 0 Å². The number of pyridine rings is 1. The Labute approximate surface area is 145 Å². The van der Waals surface area contributed by atoms with Crippen LogP contribution in [0.25, 0.3) is 5.65 Å².